The van der Waals surface area contributed by atoms with Gasteiger partial charge in [-0.3, -0.25) is 4.98 Å². The number of anilines is 1. The van der Waals surface area contributed by atoms with Crippen LogP contribution in [0.5, 0.6) is 0 Å². The molecule has 1 aromatic carbocycles. The van der Waals surface area contributed by atoms with Gasteiger partial charge in [-0.1, -0.05) is 38.1 Å². The van der Waals surface area contributed by atoms with Crippen molar-refractivity contribution < 1.29 is 0 Å². The molecule has 0 bridgehead atoms. The Labute approximate surface area is 128 Å². The van der Waals surface area contributed by atoms with Crippen molar-refractivity contribution in [1.29, 1.82) is 0 Å². The summed E-state index contributed by atoms with van der Waals surface area (Å²) >= 11 is 1.43. The van der Waals surface area contributed by atoms with Crippen LogP contribution in [0.1, 0.15) is 31.2 Å². The van der Waals surface area contributed by atoms with E-state index < -0.39 is 0 Å². The van der Waals surface area contributed by atoms with Crippen molar-refractivity contribution in [2.24, 2.45) is 0 Å². The lowest BCUT2D eigenvalue weighted by Crippen LogP contribution is -2.05. The zero-order valence-electron chi connectivity index (χ0n) is 12.2. The van der Waals surface area contributed by atoms with Gasteiger partial charge in [0.25, 0.3) is 0 Å². The Balaban J connectivity index is 1.66. The Hall–Kier alpha value is -2.01. The van der Waals surface area contributed by atoms with Crippen LogP contribution in [0.2, 0.25) is 0 Å². The highest BCUT2D eigenvalue weighted by Gasteiger charge is 2.07. The first-order valence-corrected chi connectivity index (χ1v) is 7.91. The second kappa shape index (κ2) is 6.18. The van der Waals surface area contributed by atoms with Crippen molar-refractivity contribution in [3.63, 3.8) is 0 Å². The lowest BCUT2D eigenvalue weighted by atomic mass is 10.1. The fourth-order valence-corrected chi connectivity index (χ4v) is 2.95. The summed E-state index contributed by atoms with van der Waals surface area (Å²) in [5, 5.41) is 5.43. The molecule has 0 spiro atoms. The third-order valence-corrected chi connectivity index (χ3v) is 4.03. The van der Waals surface area contributed by atoms with E-state index in [1.54, 1.807) is 0 Å². The molecule has 0 aliphatic carbocycles. The van der Waals surface area contributed by atoms with E-state index in [-0.39, 0.29) is 0 Å². The molecule has 2 heterocycles. The Morgan fingerprint density at radius 3 is 2.86 bits per heavy atom. The molecule has 3 aromatic rings. The second-order valence-electron chi connectivity index (χ2n) is 5.28. The third kappa shape index (κ3) is 3.19. The lowest BCUT2D eigenvalue weighted by Gasteiger charge is -2.06. The molecule has 2 aromatic heterocycles. The van der Waals surface area contributed by atoms with E-state index in [2.05, 4.69) is 57.8 Å². The zero-order valence-corrected chi connectivity index (χ0v) is 13.0. The quantitative estimate of drug-likeness (QED) is 0.777. The maximum absolute atomic E-state index is 4.48. The standard InChI is InChI=1S/C16H18N4S/c1-11(2)15-19-16(21-20-15)18-10-8-13-6-3-5-12-7-4-9-17-14(12)13/h3-7,9,11H,8,10H2,1-2H3,(H,18,19,20). The van der Waals surface area contributed by atoms with Crippen molar-refractivity contribution in [2.45, 2.75) is 26.2 Å². The third-order valence-electron chi connectivity index (χ3n) is 3.34. The van der Waals surface area contributed by atoms with E-state index in [1.807, 2.05) is 12.3 Å². The number of fused-ring (bicyclic) bond motifs is 1. The summed E-state index contributed by atoms with van der Waals surface area (Å²) in [6, 6.07) is 10.4. The highest BCUT2D eigenvalue weighted by Crippen LogP contribution is 2.19. The Morgan fingerprint density at radius 2 is 2.05 bits per heavy atom. The number of rotatable bonds is 5. The molecule has 0 fully saturated rings. The van der Waals surface area contributed by atoms with Crippen molar-refractivity contribution in [3.8, 4) is 0 Å². The molecule has 0 aliphatic rings. The Kier molecular flexibility index (Phi) is 4.10. The summed E-state index contributed by atoms with van der Waals surface area (Å²) in [6.07, 6.45) is 2.77. The smallest absolute Gasteiger partial charge is 0.202 e. The van der Waals surface area contributed by atoms with Crippen molar-refractivity contribution >= 4 is 27.6 Å². The van der Waals surface area contributed by atoms with Crippen LogP contribution in [-0.4, -0.2) is 20.9 Å². The van der Waals surface area contributed by atoms with Gasteiger partial charge in [-0.15, -0.1) is 0 Å². The maximum Gasteiger partial charge on any atom is 0.202 e. The topological polar surface area (TPSA) is 50.7 Å². The minimum atomic E-state index is 0.374. The molecule has 0 unspecified atom stereocenters. The van der Waals surface area contributed by atoms with Crippen LogP contribution in [-0.2, 0) is 6.42 Å². The Morgan fingerprint density at radius 1 is 1.19 bits per heavy atom. The molecule has 21 heavy (non-hydrogen) atoms. The average Bonchev–Trinajstić information content (AvgIpc) is 2.97. The largest absolute Gasteiger partial charge is 0.360 e. The summed E-state index contributed by atoms with van der Waals surface area (Å²) in [5.74, 6) is 1.29. The highest BCUT2D eigenvalue weighted by atomic mass is 32.1. The predicted octanol–water partition coefficient (Wildman–Crippen LogP) is 3.86. The molecule has 0 amide bonds. The van der Waals surface area contributed by atoms with Crippen LogP contribution >= 0.6 is 11.5 Å². The monoisotopic (exact) mass is 298 g/mol. The fraction of sp³-hybridized carbons (Fsp3) is 0.312. The molecule has 1 N–H and O–H groups in total. The predicted molar refractivity (Wildman–Crippen MR) is 87.9 cm³/mol. The normalized spacial score (nSPS) is 11.2. The van der Waals surface area contributed by atoms with Gasteiger partial charge in [0.05, 0.1) is 5.52 Å². The molecule has 108 valence electrons. The van der Waals surface area contributed by atoms with Crippen LogP contribution < -0.4 is 5.32 Å². The Bertz CT molecular complexity index is 730. The van der Waals surface area contributed by atoms with Gasteiger partial charge in [-0.05, 0) is 18.1 Å². The van der Waals surface area contributed by atoms with E-state index in [0.717, 1.165) is 29.4 Å². The summed E-state index contributed by atoms with van der Waals surface area (Å²) in [7, 11) is 0. The highest BCUT2D eigenvalue weighted by molar-refractivity contribution is 7.09. The van der Waals surface area contributed by atoms with Gasteiger partial charge in [0.15, 0.2) is 0 Å². The summed E-state index contributed by atoms with van der Waals surface area (Å²) in [6.45, 7) is 5.05. The van der Waals surface area contributed by atoms with E-state index >= 15 is 0 Å². The van der Waals surface area contributed by atoms with E-state index in [4.69, 9.17) is 0 Å². The number of hydrogen-bond donors (Lipinski definition) is 1. The number of nitrogens with zero attached hydrogens (tertiary/aromatic N) is 3. The maximum atomic E-state index is 4.48. The van der Waals surface area contributed by atoms with Gasteiger partial charge >= 0.3 is 0 Å². The number of benzene rings is 1. The van der Waals surface area contributed by atoms with Crippen LogP contribution in [0, 0.1) is 0 Å². The first kappa shape index (κ1) is 13.9. The second-order valence-corrected chi connectivity index (χ2v) is 6.03. The van der Waals surface area contributed by atoms with E-state index in [9.17, 15) is 0 Å². The van der Waals surface area contributed by atoms with Crippen molar-refractivity contribution in [1.82, 2.24) is 14.3 Å². The van der Waals surface area contributed by atoms with Gasteiger partial charge in [-0.25, -0.2) is 4.98 Å². The molecule has 0 aliphatic heterocycles. The lowest BCUT2D eigenvalue weighted by molar-refractivity contribution is 0.799. The molecule has 3 rings (SSSR count). The minimum Gasteiger partial charge on any atom is -0.360 e. The van der Waals surface area contributed by atoms with Gasteiger partial charge in [0.1, 0.15) is 5.82 Å². The first-order valence-electron chi connectivity index (χ1n) is 7.14. The first-order chi connectivity index (χ1) is 10.2. The van der Waals surface area contributed by atoms with Crippen LogP contribution in [0.15, 0.2) is 36.5 Å². The van der Waals surface area contributed by atoms with Crippen LogP contribution in [0.25, 0.3) is 10.9 Å². The number of pyridine rings is 1. The van der Waals surface area contributed by atoms with Gasteiger partial charge in [-0.2, -0.15) is 4.37 Å². The van der Waals surface area contributed by atoms with Gasteiger partial charge in [0.2, 0.25) is 5.13 Å². The molecule has 0 atom stereocenters. The molecule has 0 saturated heterocycles. The summed E-state index contributed by atoms with van der Waals surface area (Å²) < 4.78 is 4.35. The number of para-hydroxylation sites is 1. The SMILES string of the molecule is CC(C)c1nsc(NCCc2cccc3cccnc23)n1. The molecule has 4 nitrogen and oxygen atoms in total. The summed E-state index contributed by atoms with van der Waals surface area (Å²) in [5.41, 5.74) is 2.34. The van der Waals surface area contributed by atoms with Crippen molar-refractivity contribution in [3.05, 3.63) is 47.9 Å². The number of nitrogens with one attached hydrogen (secondary N) is 1. The van der Waals surface area contributed by atoms with E-state index in [1.165, 1.54) is 22.5 Å². The molecule has 5 heteroatoms. The number of aromatic nitrogens is 3. The molecule has 0 saturated carbocycles. The van der Waals surface area contributed by atoms with Crippen molar-refractivity contribution in [2.75, 3.05) is 11.9 Å². The molecule has 0 radical (unpaired) electrons. The zero-order chi connectivity index (χ0) is 14.7. The van der Waals surface area contributed by atoms with E-state index in [0.29, 0.717) is 5.92 Å². The fourth-order valence-electron chi connectivity index (χ4n) is 2.21. The number of hydrogen-bond acceptors (Lipinski definition) is 5. The molecular weight excluding hydrogens is 280 g/mol. The summed E-state index contributed by atoms with van der Waals surface area (Å²) in [4.78, 5) is 8.96. The van der Waals surface area contributed by atoms with Crippen LogP contribution in [0.3, 0.4) is 0 Å². The average molecular weight is 298 g/mol. The van der Waals surface area contributed by atoms with Gasteiger partial charge in [0, 0.05) is 35.6 Å². The van der Waals surface area contributed by atoms with Crippen LogP contribution in [0.4, 0.5) is 5.13 Å². The minimum absolute atomic E-state index is 0.374. The molecular formula is C16H18N4S. The van der Waals surface area contributed by atoms with Gasteiger partial charge < -0.3 is 5.32 Å².